The molecule has 0 aliphatic carbocycles. The molecule has 4 unspecified atom stereocenters. The molecular formula is C19H30N6O4. The highest BCUT2D eigenvalue weighted by atomic mass is 16.6. The van der Waals surface area contributed by atoms with Gasteiger partial charge in [-0.25, -0.2) is 15.0 Å². The molecule has 3 rings (SSSR count). The molecule has 1 saturated heterocycles. The van der Waals surface area contributed by atoms with Gasteiger partial charge in [0, 0.05) is 6.54 Å². The number of nitrogens with two attached hydrogens (primary N) is 1. The van der Waals surface area contributed by atoms with E-state index in [1.54, 1.807) is 10.6 Å². The van der Waals surface area contributed by atoms with Gasteiger partial charge in [0.2, 0.25) is 5.95 Å². The number of nitrogens with zero attached hydrogens (tertiary/aromatic N) is 4. The summed E-state index contributed by atoms with van der Waals surface area (Å²) in [5.74, 6) is 1.06. The third kappa shape index (κ3) is 4.35. The van der Waals surface area contributed by atoms with Crippen molar-refractivity contribution >= 4 is 29.0 Å². The number of hydrogen-bond donors (Lipinski definition) is 5. The monoisotopic (exact) mass is 406 g/mol. The molecule has 3 heterocycles. The van der Waals surface area contributed by atoms with E-state index in [0.717, 1.165) is 25.7 Å². The van der Waals surface area contributed by atoms with Gasteiger partial charge in [0.15, 0.2) is 29.0 Å². The molecule has 0 spiro atoms. The maximum atomic E-state index is 10.5. The lowest BCUT2D eigenvalue weighted by Crippen LogP contribution is -2.33. The summed E-state index contributed by atoms with van der Waals surface area (Å²) in [6, 6.07) is 0. The van der Waals surface area contributed by atoms with Crippen LogP contribution in [-0.4, -0.2) is 66.3 Å². The van der Waals surface area contributed by atoms with Gasteiger partial charge in [-0.1, -0.05) is 32.8 Å². The fourth-order valence-electron chi connectivity index (χ4n) is 3.29. The standard InChI is InChI=1S/C19H30N6O4/c1-3-5-6-7-8-12-22-16(20)13-17(23-12)25(19(24-13)21-9-4-2)18-15(28)14(27)11(10-26)29-18/h7-8,11,14-15,18,26-28H,3-6,9-10H2,1-2H3,(H,21,24)(H2,20,22,23)/b8-7+. The topological polar surface area (TPSA) is 152 Å². The van der Waals surface area contributed by atoms with Crippen molar-refractivity contribution in [2.75, 3.05) is 24.2 Å². The summed E-state index contributed by atoms with van der Waals surface area (Å²) in [5.41, 5.74) is 6.90. The smallest absolute Gasteiger partial charge is 0.207 e. The van der Waals surface area contributed by atoms with Crippen LogP contribution in [0.2, 0.25) is 0 Å². The minimum atomic E-state index is -1.26. The van der Waals surface area contributed by atoms with Gasteiger partial charge in [0.1, 0.15) is 18.3 Å². The average molecular weight is 406 g/mol. The summed E-state index contributed by atoms with van der Waals surface area (Å²) in [7, 11) is 0. The van der Waals surface area contributed by atoms with Gasteiger partial charge in [0.25, 0.3) is 0 Å². The minimum absolute atomic E-state index is 0.218. The Morgan fingerprint density at radius 2 is 1.97 bits per heavy atom. The quantitative estimate of drug-likeness (QED) is 0.385. The number of aliphatic hydroxyl groups is 3. The molecular weight excluding hydrogens is 376 g/mol. The second kappa shape index (κ2) is 9.49. The number of nitrogens with one attached hydrogen (secondary N) is 1. The maximum absolute atomic E-state index is 10.5. The number of imidazole rings is 1. The van der Waals surface area contributed by atoms with Crippen LogP contribution in [0.4, 0.5) is 11.8 Å². The van der Waals surface area contributed by atoms with Crippen LogP contribution in [0.15, 0.2) is 6.08 Å². The number of hydrogen-bond acceptors (Lipinski definition) is 9. The van der Waals surface area contributed by atoms with Crippen molar-refractivity contribution in [1.29, 1.82) is 0 Å². The predicted octanol–water partition coefficient (Wildman–Crippen LogP) is 1.05. The Balaban J connectivity index is 2.07. The summed E-state index contributed by atoms with van der Waals surface area (Å²) in [6.45, 7) is 4.36. The maximum Gasteiger partial charge on any atom is 0.207 e. The fraction of sp³-hybridized carbons (Fsp3) is 0.632. The van der Waals surface area contributed by atoms with Crippen molar-refractivity contribution in [3.05, 3.63) is 11.9 Å². The number of nitrogen functional groups attached to an aromatic ring is 1. The lowest BCUT2D eigenvalue weighted by atomic mass is 10.1. The highest BCUT2D eigenvalue weighted by molar-refractivity contribution is 5.85. The lowest BCUT2D eigenvalue weighted by molar-refractivity contribution is -0.0501. The number of unbranched alkanes of at least 4 members (excludes halogenated alkanes) is 2. The first kappa shape index (κ1) is 21.4. The fourth-order valence-corrected chi connectivity index (χ4v) is 3.29. The van der Waals surface area contributed by atoms with Crippen LogP contribution in [0.25, 0.3) is 17.2 Å². The number of aromatic nitrogens is 4. The summed E-state index contributed by atoms with van der Waals surface area (Å²) in [6.07, 6.45) is 3.36. The number of anilines is 2. The van der Waals surface area contributed by atoms with E-state index in [0.29, 0.717) is 29.5 Å². The van der Waals surface area contributed by atoms with Crippen molar-refractivity contribution in [2.24, 2.45) is 0 Å². The van der Waals surface area contributed by atoms with Gasteiger partial charge in [-0.15, -0.1) is 0 Å². The van der Waals surface area contributed by atoms with E-state index in [2.05, 4.69) is 27.2 Å². The van der Waals surface area contributed by atoms with Crippen LogP contribution in [0.3, 0.4) is 0 Å². The van der Waals surface area contributed by atoms with Gasteiger partial charge in [-0.2, -0.15) is 0 Å². The highest BCUT2D eigenvalue weighted by Gasteiger charge is 2.45. The zero-order chi connectivity index (χ0) is 21.0. The van der Waals surface area contributed by atoms with Crippen molar-refractivity contribution in [1.82, 2.24) is 19.5 Å². The molecule has 29 heavy (non-hydrogen) atoms. The van der Waals surface area contributed by atoms with Crippen molar-refractivity contribution in [3.8, 4) is 0 Å². The number of fused-ring (bicyclic) bond motifs is 1. The summed E-state index contributed by atoms with van der Waals surface area (Å²) < 4.78 is 7.29. The van der Waals surface area contributed by atoms with Gasteiger partial charge in [-0.3, -0.25) is 4.57 Å². The molecule has 0 aromatic carbocycles. The van der Waals surface area contributed by atoms with Crippen LogP contribution in [0.1, 0.15) is 51.6 Å². The first-order valence-corrected chi connectivity index (χ1v) is 10.1. The van der Waals surface area contributed by atoms with Gasteiger partial charge in [0.05, 0.1) is 6.61 Å². The van der Waals surface area contributed by atoms with Gasteiger partial charge < -0.3 is 31.1 Å². The van der Waals surface area contributed by atoms with E-state index in [1.807, 2.05) is 13.0 Å². The summed E-state index contributed by atoms with van der Waals surface area (Å²) in [4.78, 5) is 13.4. The van der Waals surface area contributed by atoms with Crippen molar-refractivity contribution < 1.29 is 20.1 Å². The molecule has 1 fully saturated rings. The van der Waals surface area contributed by atoms with Crippen molar-refractivity contribution in [3.63, 3.8) is 0 Å². The SMILES string of the molecule is CCCC/C=C/c1nc(N)c2nc(NCCC)n(C3OC(CO)C(O)C3O)c2n1. The van der Waals surface area contributed by atoms with E-state index in [4.69, 9.17) is 10.5 Å². The molecule has 10 nitrogen and oxygen atoms in total. The van der Waals surface area contributed by atoms with Gasteiger partial charge in [-0.05, 0) is 18.9 Å². The number of aliphatic hydroxyl groups excluding tert-OH is 3. The third-order valence-electron chi connectivity index (χ3n) is 4.88. The Hall–Kier alpha value is -2.27. The Labute approximate surface area is 169 Å². The van der Waals surface area contributed by atoms with E-state index < -0.39 is 31.1 Å². The normalized spacial score (nSPS) is 24.7. The van der Waals surface area contributed by atoms with E-state index in [9.17, 15) is 15.3 Å². The van der Waals surface area contributed by atoms with E-state index >= 15 is 0 Å². The second-order valence-corrected chi connectivity index (χ2v) is 7.14. The molecule has 0 bridgehead atoms. The summed E-state index contributed by atoms with van der Waals surface area (Å²) in [5, 5.41) is 33.3. The zero-order valence-corrected chi connectivity index (χ0v) is 16.8. The Morgan fingerprint density at radius 3 is 2.62 bits per heavy atom. The Morgan fingerprint density at radius 1 is 1.17 bits per heavy atom. The van der Waals surface area contributed by atoms with Gasteiger partial charge >= 0.3 is 0 Å². The van der Waals surface area contributed by atoms with Crippen LogP contribution in [0.5, 0.6) is 0 Å². The average Bonchev–Trinajstić information content (AvgIpc) is 3.21. The third-order valence-corrected chi connectivity index (χ3v) is 4.88. The van der Waals surface area contributed by atoms with Crippen LogP contribution in [-0.2, 0) is 4.74 Å². The van der Waals surface area contributed by atoms with E-state index in [-0.39, 0.29) is 5.82 Å². The lowest BCUT2D eigenvalue weighted by Gasteiger charge is -2.19. The number of rotatable bonds is 9. The van der Waals surface area contributed by atoms with Crippen molar-refractivity contribution in [2.45, 2.75) is 64.1 Å². The molecule has 160 valence electrons. The Bertz CT molecular complexity index is 855. The molecule has 0 amide bonds. The van der Waals surface area contributed by atoms with Crippen LogP contribution in [0, 0.1) is 0 Å². The molecule has 1 aliphatic heterocycles. The molecule has 4 atom stereocenters. The molecule has 0 saturated carbocycles. The highest BCUT2D eigenvalue weighted by Crippen LogP contribution is 2.35. The molecule has 10 heteroatoms. The minimum Gasteiger partial charge on any atom is -0.394 e. The Kier molecular flexibility index (Phi) is 7.01. The number of ether oxygens (including phenoxy) is 1. The number of allylic oxidation sites excluding steroid dienone is 1. The second-order valence-electron chi connectivity index (χ2n) is 7.14. The molecule has 2 aromatic rings. The first-order chi connectivity index (χ1) is 14.0. The van der Waals surface area contributed by atoms with E-state index in [1.165, 1.54) is 0 Å². The summed E-state index contributed by atoms with van der Waals surface area (Å²) >= 11 is 0. The molecule has 6 N–H and O–H groups in total. The molecule has 0 radical (unpaired) electrons. The van der Waals surface area contributed by atoms with Crippen LogP contribution < -0.4 is 11.1 Å². The molecule has 2 aromatic heterocycles. The predicted molar refractivity (Wildman–Crippen MR) is 110 cm³/mol. The van der Waals surface area contributed by atoms with Crippen LogP contribution >= 0.6 is 0 Å². The molecule has 1 aliphatic rings. The zero-order valence-electron chi connectivity index (χ0n) is 16.8. The first-order valence-electron chi connectivity index (χ1n) is 10.1. The largest absolute Gasteiger partial charge is 0.394 e.